The SMILES string of the molecule is CC1(C)CC(N)CN1C(=O)CCCc1cccc(Br)c1. The number of carbonyl (C=O) groups is 1. The first-order valence-electron chi connectivity index (χ1n) is 7.19. The molecule has 1 aliphatic rings. The van der Waals surface area contributed by atoms with Crippen LogP contribution >= 0.6 is 15.9 Å². The monoisotopic (exact) mass is 338 g/mol. The maximum absolute atomic E-state index is 12.3. The Morgan fingerprint density at radius 2 is 2.25 bits per heavy atom. The summed E-state index contributed by atoms with van der Waals surface area (Å²) in [5.41, 5.74) is 7.15. The third-order valence-electron chi connectivity index (χ3n) is 3.96. The lowest BCUT2D eigenvalue weighted by Gasteiger charge is -2.31. The van der Waals surface area contributed by atoms with Crippen molar-refractivity contribution in [3.63, 3.8) is 0 Å². The summed E-state index contributed by atoms with van der Waals surface area (Å²) in [4.78, 5) is 14.3. The molecule has 3 nitrogen and oxygen atoms in total. The Labute approximate surface area is 129 Å². The largest absolute Gasteiger partial charge is 0.336 e. The second kappa shape index (κ2) is 6.27. The van der Waals surface area contributed by atoms with E-state index in [2.05, 4.69) is 41.9 Å². The van der Waals surface area contributed by atoms with Crippen molar-refractivity contribution in [2.45, 2.75) is 51.1 Å². The lowest BCUT2D eigenvalue weighted by molar-refractivity contribution is -0.134. The van der Waals surface area contributed by atoms with Crippen LogP contribution in [-0.2, 0) is 11.2 Å². The van der Waals surface area contributed by atoms with E-state index in [0.717, 1.165) is 23.7 Å². The Morgan fingerprint density at radius 3 is 2.85 bits per heavy atom. The first kappa shape index (κ1) is 15.5. The fraction of sp³-hybridized carbons (Fsp3) is 0.562. The summed E-state index contributed by atoms with van der Waals surface area (Å²) in [6.45, 7) is 4.90. The number of aryl methyl sites for hydroxylation is 1. The van der Waals surface area contributed by atoms with Crippen LogP contribution in [0.1, 0.15) is 38.7 Å². The van der Waals surface area contributed by atoms with Crippen LogP contribution in [0.5, 0.6) is 0 Å². The van der Waals surface area contributed by atoms with E-state index in [1.807, 2.05) is 17.0 Å². The number of amides is 1. The molecule has 1 amide bonds. The molecule has 0 bridgehead atoms. The number of rotatable bonds is 4. The number of likely N-dealkylation sites (tertiary alicyclic amines) is 1. The van der Waals surface area contributed by atoms with E-state index in [0.29, 0.717) is 13.0 Å². The van der Waals surface area contributed by atoms with Gasteiger partial charge in [-0.1, -0.05) is 28.1 Å². The van der Waals surface area contributed by atoms with Crippen molar-refractivity contribution in [2.24, 2.45) is 5.73 Å². The predicted molar refractivity (Wildman–Crippen MR) is 85.5 cm³/mol. The minimum atomic E-state index is -0.0910. The van der Waals surface area contributed by atoms with Gasteiger partial charge in [0.2, 0.25) is 5.91 Å². The predicted octanol–water partition coefficient (Wildman–Crippen LogP) is 3.11. The molecule has 2 N–H and O–H groups in total. The Balaban J connectivity index is 1.84. The first-order valence-corrected chi connectivity index (χ1v) is 7.98. The molecule has 1 aromatic carbocycles. The first-order chi connectivity index (χ1) is 9.38. The van der Waals surface area contributed by atoms with Crippen LogP contribution in [0.15, 0.2) is 28.7 Å². The molecular formula is C16H23BrN2O. The molecule has 1 heterocycles. The lowest BCUT2D eigenvalue weighted by atomic mass is 10.00. The normalized spacial score (nSPS) is 21.2. The Kier molecular flexibility index (Phi) is 4.86. The van der Waals surface area contributed by atoms with Gasteiger partial charge < -0.3 is 10.6 Å². The van der Waals surface area contributed by atoms with Crippen molar-refractivity contribution in [3.05, 3.63) is 34.3 Å². The quantitative estimate of drug-likeness (QED) is 0.916. The van der Waals surface area contributed by atoms with Crippen LogP contribution in [0.4, 0.5) is 0 Å². The van der Waals surface area contributed by atoms with Gasteiger partial charge in [0, 0.05) is 29.0 Å². The smallest absolute Gasteiger partial charge is 0.223 e. The van der Waals surface area contributed by atoms with Gasteiger partial charge in [0.1, 0.15) is 0 Å². The van der Waals surface area contributed by atoms with E-state index in [1.54, 1.807) is 0 Å². The van der Waals surface area contributed by atoms with Gasteiger partial charge in [0.05, 0.1) is 0 Å². The van der Waals surface area contributed by atoms with Gasteiger partial charge in [-0.2, -0.15) is 0 Å². The molecule has 1 unspecified atom stereocenters. The molecule has 110 valence electrons. The van der Waals surface area contributed by atoms with E-state index >= 15 is 0 Å². The number of halogens is 1. The Bertz CT molecular complexity index is 487. The molecule has 1 atom stereocenters. The summed E-state index contributed by atoms with van der Waals surface area (Å²) in [5.74, 6) is 0.234. The fourth-order valence-corrected chi connectivity index (χ4v) is 3.46. The maximum Gasteiger partial charge on any atom is 0.223 e. The highest BCUT2D eigenvalue weighted by Crippen LogP contribution is 2.28. The third-order valence-corrected chi connectivity index (χ3v) is 4.45. The molecule has 1 aliphatic heterocycles. The number of nitrogens with two attached hydrogens (primary N) is 1. The molecule has 1 fully saturated rings. The van der Waals surface area contributed by atoms with Crippen LogP contribution in [0.2, 0.25) is 0 Å². The van der Waals surface area contributed by atoms with E-state index in [-0.39, 0.29) is 17.5 Å². The van der Waals surface area contributed by atoms with Gasteiger partial charge >= 0.3 is 0 Å². The summed E-state index contributed by atoms with van der Waals surface area (Å²) in [7, 11) is 0. The number of hydrogen-bond acceptors (Lipinski definition) is 2. The number of hydrogen-bond donors (Lipinski definition) is 1. The topological polar surface area (TPSA) is 46.3 Å². The van der Waals surface area contributed by atoms with Gasteiger partial charge in [0.15, 0.2) is 0 Å². The van der Waals surface area contributed by atoms with Gasteiger partial charge in [-0.25, -0.2) is 0 Å². The van der Waals surface area contributed by atoms with Crippen LogP contribution < -0.4 is 5.73 Å². The summed E-state index contributed by atoms with van der Waals surface area (Å²) < 4.78 is 1.09. The molecule has 0 spiro atoms. The molecular weight excluding hydrogens is 316 g/mol. The van der Waals surface area contributed by atoms with E-state index in [9.17, 15) is 4.79 Å². The van der Waals surface area contributed by atoms with Crippen molar-refractivity contribution in [1.29, 1.82) is 0 Å². The summed E-state index contributed by atoms with van der Waals surface area (Å²) >= 11 is 3.47. The number of benzene rings is 1. The molecule has 1 aromatic rings. The van der Waals surface area contributed by atoms with Crippen LogP contribution in [0.3, 0.4) is 0 Å². The highest BCUT2D eigenvalue weighted by atomic mass is 79.9. The summed E-state index contributed by atoms with van der Waals surface area (Å²) in [5, 5.41) is 0. The number of nitrogens with zero attached hydrogens (tertiary/aromatic N) is 1. The van der Waals surface area contributed by atoms with Gasteiger partial charge in [-0.3, -0.25) is 4.79 Å². The summed E-state index contributed by atoms with van der Waals surface area (Å²) in [6, 6.07) is 8.39. The zero-order chi connectivity index (χ0) is 14.8. The molecule has 0 aromatic heterocycles. The molecule has 1 saturated heterocycles. The van der Waals surface area contributed by atoms with E-state index in [4.69, 9.17) is 5.73 Å². The van der Waals surface area contributed by atoms with Gasteiger partial charge in [0.25, 0.3) is 0 Å². The minimum Gasteiger partial charge on any atom is -0.336 e. The number of carbonyl (C=O) groups excluding carboxylic acids is 1. The standard InChI is InChI=1S/C16H23BrN2O/c1-16(2)10-14(18)11-19(16)15(20)8-4-6-12-5-3-7-13(17)9-12/h3,5,7,9,14H,4,6,8,10-11,18H2,1-2H3. The van der Waals surface area contributed by atoms with E-state index < -0.39 is 0 Å². The van der Waals surface area contributed by atoms with Gasteiger partial charge in [-0.05, 0) is 50.8 Å². The second-order valence-electron chi connectivity index (χ2n) is 6.26. The minimum absolute atomic E-state index is 0.0910. The fourth-order valence-electron chi connectivity index (χ4n) is 3.01. The average Bonchev–Trinajstić information content (AvgIpc) is 2.62. The van der Waals surface area contributed by atoms with Crippen LogP contribution in [0.25, 0.3) is 0 Å². The lowest BCUT2D eigenvalue weighted by Crippen LogP contribution is -2.42. The average molecular weight is 339 g/mol. The zero-order valence-corrected chi connectivity index (χ0v) is 13.8. The molecule has 2 rings (SSSR count). The maximum atomic E-state index is 12.3. The molecule has 0 saturated carbocycles. The van der Waals surface area contributed by atoms with Crippen LogP contribution in [0, 0.1) is 0 Å². The zero-order valence-electron chi connectivity index (χ0n) is 12.2. The van der Waals surface area contributed by atoms with Crippen molar-refractivity contribution < 1.29 is 4.79 Å². The van der Waals surface area contributed by atoms with Crippen LogP contribution in [-0.4, -0.2) is 28.9 Å². The molecule has 4 heteroatoms. The highest BCUT2D eigenvalue weighted by Gasteiger charge is 2.39. The Morgan fingerprint density at radius 1 is 1.50 bits per heavy atom. The third kappa shape index (κ3) is 3.83. The van der Waals surface area contributed by atoms with Crippen molar-refractivity contribution in [1.82, 2.24) is 4.90 Å². The van der Waals surface area contributed by atoms with Crippen molar-refractivity contribution in [3.8, 4) is 0 Å². The summed E-state index contributed by atoms with van der Waals surface area (Å²) in [6.07, 6.45) is 3.32. The molecule has 20 heavy (non-hydrogen) atoms. The van der Waals surface area contributed by atoms with Crippen molar-refractivity contribution >= 4 is 21.8 Å². The molecule has 0 radical (unpaired) electrons. The highest BCUT2D eigenvalue weighted by molar-refractivity contribution is 9.10. The molecule has 0 aliphatic carbocycles. The van der Waals surface area contributed by atoms with E-state index in [1.165, 1.54) is 5.56 Å². The van der Waals surface area contributed by atoms with Gasteiger partial charge in [-0.15, -0.1) is 0 Å². The van der Waals surface area contributed by atoms with Crippen molar-refractivity contribution in [2.75, 3.05) is 6.54 Å². The Hall–Kier alpha value is -0.870. The second-order valence-corrected chi connectivity index (χ2v) is 7.18.